The molecule has 0 spiro atoms. The van der Waals surface area contributed by atoms with Crippen LogP contribution >= 0.6 is 0 Å². The van der Waals surface area contributed by atoms with Crippen LogP contribution in [0, 0.1) is 0 Å². The van der Waals surface area contributed by atoms with Crippen LogP contribution in [0.25, 0.3) is 0 Å². The number of anilines is 1. The Bertz CT molecular complexity index is 666. The van der Waals surface area contributed by atoms with Crippen molar-refractivity contribution in [3.05, 3.63) is 12.1 Å². The second-order valence-electron chi connectivity index (χ2n) is 4.03. The summed E-state index contributed by atoms with van der Waals surface area (Å²) in [5, 5.41) is 0. The van der Waals surface area contributed by atoms with Gasteiger partial charge in [-0.3, -0.25) is 9.59 Å². The molecule has 0 radical (unpaired) electrons. The van der Waals surface area contributed by atoms with E-state index in [1.165, 1.54) is 20.3 Å². The van der Waals surface area contributed by atoms with E-state index >= 15 is 0 Å². The summed E-state index contributed by atoms with van der Waals surface area (Å²) in [4.78, 5) is 21.7. The van der Waals surface area contributed by atoms with Gasteiger partial charge in [0.05, 0.1) is 19.9 Å². The van der Waals surface area contributed by atoms with E-state index in [4.69, 9.17) is 15.2 Å². The summed E-state index contributed by atoms with van der Waals surface area (Å²) in [5.41, 5.74) is 5.65. The van der Waals surface area contributed by atoms with Crippen LogP contribution in [-0.4, -0.2) is 34.4 Å². The van der Waals surface area contributed by atoms with Crippen molar-refractivity contribution in [3.63, 3.8) is 0 Å². The van der Waals surface area contributed by atoms with Gasteiger partial charge in [-0.1, -0.05) is 0 Å². The minimum Gasteiger partial charge on any atom is -0.495 e. The fraction of sp³-hybridized carbons (Fsp3) is 0.333. The highest BCUT2D eigenvalue weighted by molar-refractivity contribution is 7.87. The lowest BCUT2D eigenvalue weighted by molar-refractivity contribution is -0.136. The van der Waals surface area contributed by atoms with E-state index in [2.05, 4.69) is 4.18 Å². The minimum atomic E-state index is -4.46. The predicted octanol–water partition coefficient (Wildman–Crippen LogP) is 0.497. The zero-order valence-corrected chi connectivity index (χ0v) is 12.5. The lowest BCUT2D eigenvalue weighted by atomic mass is 10.3. The SMILES string of the molecule is COc1cc(OC)c(S(=O)(=O)OC(=O)CC(C)=O)cc1N. The molecule has 1 aromatic carbocycles. The van der Waals surface area contributed by atoms with Gasteiger partial charge < -0.3 is 19.4 Å². The van der Waals surface area contributed by atoms with E-state index in [1.807, 2.05) is 0 Å². The molecule has 2 N–H and O–H groups in total. The smallest absolute Gasteiger partial charge is 0.345 e. The second kappa shape index (κ2) is 6.44. The molecule has 8 nitrogen and oxygen atoms in total. The molecule has 116 valence electrons. The van der Waals surface area contributed by atoms with Gasteiger partial charge in [0.25, 0.3) is 0 Å². The molecule has 9 heteroatoms. The fourth-order valence-electron chi connectivity index (χ4n) is 1.49. The van der Waals surface area contributed by atoms with Crippen LogP contribution in [0.4, 0.5) is 5.69 Å². The van der Waals surface area contributed by atoms with Crippen molar-refractivity contribution in [2.75, 3.05) is 20.0 Å². The molecular weight excluding hydrogens is 302 g/mol. The summed E-state index contributed by atoms with van der Waals surface area (Å²) in [6.45, 7) is 1.14. The zero-order valence-electron chi connectivity index (χ0n) is 11.7. The number of ether oxygens (including phenoxy) is 2. The lowest BCUT2D eigenvalue weighted by Crippen LogP contribution is -2.16. The van der Waals surface area contributed by atoms with Crippen LogP contribution in [0.1, 0.15) is 13.3 Å². The Hall–Kier alpha value is -2.29. The number of rotatable bonds is 6. The molecule has 0 atom stereocenters. The van der Waals surface area contributed by atoms with Crippen LogP contribution < -0.4 is 15.2 Å². The Labute approximate surface area is 121 Å². The van der Waals surface area contributed by atoms with Crippen molar-refractivity contribution in [2.45, 2.75) is 18.2 Å². The van der Waals surface area contributed by atoms with Crippen LogP contribution in [0.5, 0.6) is 11.5 Å². The number of carbonyl (C=O) groups is 2. The number of ketones is 1. The molecule has 0 saturated heterocycles. The van der Waals surface area contributed by atoms with Crippen LogP contribution in [0.2, 0.25) is 0 Å². The largest absolute Gasteiger partial charge is 0.495 e. The van der Waals surface area contributed by atoms with Gasteiger partial charge in [-0.05, 0) is 13.0 Å². The van der Waals surface area contributed by atoms with Gasteiger partial charge in [-0.15, -0.1) is 0 Å². The normalized spacial score (nSPS) is 10.8. The molecule has 0 aliphatic carbocycles. The van der Waals surface area contributed by atoms with Crippen molar-refractivity contribution in [2.24, 2.45) is 0 Å². The monoisotopic (exact) mass is 317 g/mol. The fourth-order valence-corrected chi connectivity index (χ4v) is 2.54. The van der Waals surface area contributed by atoms with Crippen molar-refractivity contribution in [1.82, 2.24) is 0 Å². The number of carbonyl (C=O) groups excluding carboxylic acids is 2. The lowest BCUT2D eigenvalue weighted by Gasteiger charge is -2.12. The number of benzene rings is 1. The van der Waals surface area contributed by atoms with Crippen LogP contribution in [0.15, 0.2) is 17.0 Å². The van der Waals surface area contributed by atoms with Gasteiger partial charge in [0.1, 0.15) is 28.6 Å². The summed E-state index contributed by atoms with van der Waals surface area (Å²) >= 11 is 0. The third-order valence-electron chi connectivity index (χ3n) is 2.38. The first kappa shape index (κ1) is 16.8. The van der Waals surface area contributed by atoms with E-state index in [-0.39, 0.29) is 17.2 Å². The Morgan fingerprint density at radius 1 is 1.14 bits per heavy atom. The van der Waals surface area contributed by atoms with E-state index < -0.39 is 33.2 Å². The Kier molecular flexibility index (Phi) is 5.14. The summed E-state index contributed by atoms with van der Waals surface area (Å²) in [6.07, 6.45) is -0.646. The maximum Gasteiger partial charge on any atom is 0.345 e. The first-order valence-corrected chi connectivity index (χ1v) is 7.10. The highest BCUT2D eigenvalue weighted by atomic mass is 32.2. The highest BCUT2D eigenvalue weighted by Gasteiger charge is 2.26. The maximum atomic E-state index is 12.0. The van der Waals surface area contributed by atoms with Gasteiger partial charge in [0, 0.05) is 6.07 Å². The van der Waals surface area contributed by atoms with Crippen molar-refractivity contribution in [1.29, 1.82) is 0 Å². The average molecular weight is 317 g/mol. The summed E-state index contributed by atoms with van der Waals surface area (Å²) < 4.78 is 38.2. The van der Waals surface area contributed by atoms with Crippen LogP contribution in [0.3, 0.4) is 0 Å². The number of nitrogens with two attached hydrogens (primary N) is 1. The van der Waals surface area contributed by atoms with Gasteiger partial charge in [0.2, 0.25) is 0 Å². The third-order valence-corrected chi connectivity index (χ3v) is 3.64. The molecule has 0 aliphatic heterocycles. The molecule has 0 saturated carbocycles. The minimum absolute atomic E-state index is 0.0273. The molecular formula is C12H15NO7S. The molecule has 1 rings (SSSR count). The Morgan fingerprint density at radius 2 is 1.71 bits per heavy atom. The van der Waals surface area contributed by atoms with E-state index in [0.29, 0.717) is 0 Å². The number of methoxy groups -OCH3 is 2. The molecule has 0 aromatic heterocycles. The molecule has 0 heterocycles. The zero-order chi connectivity index (χ0) is 16.2. The summed E-state index contributed by atoms with van der Waals surface area (Å²) in [5.74, 6) is -1.59. The topological polar surface area (TPSA) is 122 Å². The summed E-state index contributed by atoms with van der Waals surface area (Å²) in [7, 11) is -1.87. The molecule has 21 heavy (non-hydrogen) atoms. The van der Waals surface area contributed by atoms with E-state index in [9.17, 15) is 18.0 Å². The summed E-state index contributed by atoms with van der Waals surface area (Å²) in [6, 6.07) is 2.30. The van der Waals surface area contributed by atoms with Crippen molar-refractivity contribution >= 4 is 27.6 Å². The highest BCUT2D eigenvalue weighted by Crippen LogP contribution is 2.34. The van der Waals surface area contributed by atoms with E-state index in [0.717, 1.165) is 13.0 Å². The van der Waals surface area contributed by atoms with E-state index in [1.54, 1.807) is 0 Å². The van der Waals surface area contributed by atoms with Gasteiger partial charge >= 0.3 is 16.1 Å². The van der Waals surface area contributed by atoms with Crippen LogP contribution in [-0.2, 0) is 23.9 Å². The molecule has 0 fully saturated rings. The van der Waals surface area contributed by atoms with Crippen molar-refractivity contribution in [3.8, 4) is 11.5 Å². The predicted molar refractivity (Wildman–Crippen MR) is 72.5 cm³/mol. The van der Waals surface area contributed by atoms with Gasteiger partial charge in [-0.25, -0.2) is 0 Å². The van der Waals surface area contributed by atoms with Crippen molar-refractivity contribution < 1.29 is 31.7 Å². The number of hydrogen-bond donors (Lipinski definition) is 1. The first-order chi connectivity index (χ1) is 9.71. The quantitative estimate of drug-likeness (QED) is 0.457. The standard InChI is InChI=1S/C12H15NO7S/c1-7(14)4-12(15)20-21(16,17)11-5-8(13)9(18-2)6-10(11)19-3/h5-6H,4,13H2,1-3H3. The number of Topliss-reactive ketones (excluding diaryl/α,β-unsaturated/α-hetero) is 1. The average Bonchev–Trinajstić information content (AvgIpc) is 2.36. The molecule has 1 aromatic rings. The third kappa shape index (κ3) is 4.09. The first-order valence-electron chi connectivity index (χ1n) is 5.69. The molecule has 0 bridgehead atoms. The molecule has 0 amide bonds. The maximum absolute atomic E-state index is 12.0. The van der Waals surface area contributed by atoms with Gasteiger partial charge in [0.15, 0.2) is 0 Å². The molecule has 0 aliphatic rings. The Morgan fingerprint density at radius 3 is 2.19 bits per heavy atom. The second-order valence-corrected chi connectivity index (χ2v) is 5.55. The Balaban J connectivity index is 3.22. The molecule has 0 unspecified atom stereocenters. The number of nitrogen functional groups attached to an aromatic ring is 1. The number of hydrogen-bond acceptors (Lipinski definition) is 8. The van der Waals surface area contributed by atoms with Gasteiger partial charge in [-0.2, -0.15) is 8.42 Å².